The first kappa shape index (κ1) is 15.3. The van der Waals surface area contributed by atoms with Crippen molar-refractivity contribution in [1.82, 2.24) is 4.90 Å². The zero-order chi connectivity index (χ0) is 15.1. The van der Waals surface area contributed by atoms with E-state index in [1.165, 1.54) is 18.1 Å². The minimum atomic E-state index is -0.485. The van der Waals surface area contributed by atoms with Crippen LogP contribution in [0, 0.1) is 6.92 Å². The molecular formula is C17H21NO3. The van der Waals surface area contributed by atoms with Gasteiger partial charge in [-0.1, -0.05) is 29.8 Å². The van der Waals surface area contributed by atoms with Crippen LogP contribution in [0.3, 0.4) is 0 Å². The number of nitrogens with zero attached hydrogens (tertiary/aromatic N) is 1. The summed E-state index contributed by atoms with van der Waals surface area (Å²) in [6.07, 6.45) is 6.28. The van der Waals surface area contributed by atoms with E-state index in [-0.39, 0.29) is 12.5 Å². The molecule has 4 heteroatoms. The van der Waals surface area contributed by atoms with E-state index in [0.717, 1.165) is 31.5 Å². The van der Waals surface area contributed by atoms with Gasteiger partial charge in [0.2, 0.25) is 0 Å². The van der Waals surface area contributed by atoms with Crippen molar-refractivity contribution in [2.24, 2.45) is 0 Å². The number of carbonyl (C=O) groups excluding carboxylic acids is 2. The number of ether oxygens (including phenoxy) is 1. The molecule has 2 rings (SSSR count). The van der Waals surface area contributed by atoms with Crippen molar-refractivity contribution >= 4 is 18.0 Å². The third kappa shape index (κ3) is 5.06. The number of aryl methyl sites for hydroxylation is 1. The molecule has 0 aliphatic carbocycles. The average molecular weight is 287 g/mol. The molecular weight excluding hydrogens is 266 g/mol. The second-order valence-corrected chi connectivity index (χ2v) is 5.29. The Balaban J connectivity index is 1.76. The molecule has 0 radical (unpaired) electrons. The van der Waals surface area contributed by atoms with Gasteiger partial charge in [0, 0.05) is 19.2 Å². The van der Waals surface area contributed by atoms with Gasteiger partial charge in [-0.3, -0.25) is 4.79 Å². The summed E-state index contributed by atoms with van der Waals surface area (Å²) in [5.41, 5.74) is 2.10. The molecule has 1 aliphatic rings. The summed E-state index contributed by atoms with van der Waals surface area (Å²) in [5, 5.41) is 0. The van der Waals surface area contributed by atoms with Crippen LogP contribution >= 0.6 is 0 Å². The van der Waals surface area contributed by atoms with Gasteiger partial charge in [0.25, 0.3) is 5.91 Å². The number of amides is 1. The fraction of sp³-hybridized carbons (Fsp3) is 0.412. The third-order valence-corrected chi connectivity index (χ3v) is 3.54. The lowest BCUT2D eigenvalue weighted by molar-refractivity contribution is -0.148. The van der Waals surface area contributed by atoms with Crippen molar-refractivity contribution in [3.63, 3.8) is 0 Å². The Hall–Kier alpha value is -2.10. The van der Waals surface area contributed by atoms with Gasteiger partial charge in [-0.2, -0.15) is 0 Å². The summed E-state index contributed by atoms with van der Waals surface area (Å²) in [6, 6.07) is 7.81. The number of benzene rings is 1. The molecule has 1 aromatic rings. The predicted molar refractivity (Wildman–Crippen MR) is 81.6 cm³/mol. The topological polar surface area (TPSA) is 46.6 Å². The smallest absolute Gasteiger partial charge is 0.331 e. The Morgan fingerprint density at radius 2 is 1.81 bits per heavy atom. The van der Waals surface area contributed by atoms with Crippen LogP contribution in [0.2, 0.25) is 0 Å². The quantitative estimate of drug-likeness (QED) is 0.631. The van der Waals surface area contributed by atoms with Gasteiger partial charge < -0.3 is 9.64 Å². The molecule has 0 atom stereocenters. The number of carbonyl (C=O) groups is 2. The van der Waals surface area contributed by atoms with Gasteiger partial charge in [-0.15, -0.1) is 0 Å². The van der Waals surface area contributed by atoms with Crippen LogP contribution < -0.4 is 0 Å². The summed E-state index contributed by atoms with van der Waals surface area (Å²) < 4.78 is 4.99. The third-order valence-electron chi connectivity index (χ3n) is 3.54. The first-order valence-electron chi connectivity index (χ1n) is 7.34. The summed E-state index contributed by atoms with van der Waals surface area (Å²) in [5.74, 6) is -0.590. The highest BCUT2D eigenvalue weighted by Crippen LogP contribution is 2.09. The molecule has 21 heavy (non-hydrogen) atoms. The Morgan fingerprint density at radius 1 is 1.14 bits per heavy atom. The van der Waals surface area contributed by atoms with Crippen molar-refractivity contribution < 1.29 is 14.3 Å². The standard InChI is InChI=1S/C17H21NO3/c1-14-5-7-15(8-6-14)9-10-17(20)21-13-16(19)18-11-3-2-4-12-18/h5-10H,2-4,11-13H2,1H3/b10-9+. The molecule has 1 heterocycles. The molecule has 1 amide bonds. The highest BCUT2D eigenvalue weighted by Gasteiger charge is 2.17. The van der Waals surface area contributed by atoms with E-state index >= 15 is 0 Å². The van der Waals surface area contributed by atoms with Crippen molar-refractivity contribution in [2.75, 3.05) is 19.7 Å². The predicted octanol–water partition coefficient (Wildman–Crippen LogP) is 2.56. The monoisotopic (exact) mass is 287 g/mol. The van der Waals surface area contributed by atoms with E-state index in [2.05, 4.69) is 0 Å². The van der Waals surface area contributed by atoms with Crippen molar-refractivity contribution in [1.29, 1.82) is 0 Å². The van der Waals surface area contributed by atoms with Crippen LogP contribution in [0.15, 0.2) is 30.3 Å². The van der Waals surface area contributed by atoms with E-state index in [1.807, 2.05) is 31.2 Å². The highest BCUT2D eigenvalue weighted by atomic mass is 16.5. The van der Waals surface area contributed by atoms with E-state index in [9.17, 15) is 9.59 Å². The number of hydrogen-bond acceptors (Lipinski definition) is 3. The Morgan fingerprint density at radius 3 is 2.48 bits per heavy atom. The number of esters is 1. The summed E-state index contributed by atoms with van der Waals surface area (Å²) >= 11 is 0. The van der Waals surface area contributed by atoms with Gasteiger partial charge >= 0.3 is 5.97 Å². The maximum absolute atomic E-state index is 11.8. The maximum atomic E-state index is 11.8. The lowest BCUT2D eigenvalue weighted by Gasteiger charge is -2.26. The molecule has 1 aliphatic heterocycles. The number of likely N-dealkylation sites (tertiary alicyclic amines) is 1. The first-order chi connectivity index (χ1) is 10.1. The number of piperidine rings is 1. The van der Waals surface area contributed by atoms with E-state index in [0.29, 0.717) is 0 Å². The molecule has 0 saturated carbocycles. The highest BCUT2D eigenvalue weighted by molar-refractivity contribution is 5.89. The van der Waals surface area contributed by atoms with Gasteiger partial charge in [0.05, 0.1) is 0 Å². The number of hydrogen-bond donors (Lipinski definition) is 0. The van der Waals surface area contributed by atoms with Crippen LogP contribution in [0.5, 0.6) is 0 Å². The Bertz CT molecular complexity index is 513. The Labute approximate surface area is 125 Å². The summed E-state index contributed by atoms with van der Waals surface area (Å²) in [7, 11) is 0. The van der Waals surface area contributed by atoms with Crippen LogP contribution in [-0.4, -0.2) is 36.5 Å². The SMILES string of the molecule is Cc1ccc(/C=C/C(=O)OCC(=O)N2CCCCC2)cc1. The molecule has 112 valence electrons. The van der Waals surface area contributed by atoms with Crippen molar-refractivity contribution in [2.45, 2.75) is 26.2 Å². The zero-order valence-corrected chi connectivity index (χ0v) is 12.4. The molecule has 0 aromatic heterocycles. The van der Waals surface area contributed by atoms with E-state index in [1.54, 1.807) is 11.0 Å². The molecule has 0 unspecified atom stereocenters. The second kappa shape index (κ2) is 7.62. The zero-order valence-electron chi connectivity index (χ0n) is 12.4. The fourth-order valence-corrected chi connectivity index (χ4v) is 2.26. The molecule has 0 N–H and O–H groups in total. The average Bonchev–Trinajstić information content (AvgIpc) is 2.53. The van der Waals surface area contributed by atoms with Crippen LogP contribution in [0.1, 0.15) is 30.4 Å². The molecule has 1 fully saturated rings. The molecule has 1 saturated heterocycles. The van der Waals surface area contributed by atoms with Crippen molar-refractivity contribution in [3.05, 3.63) is 41.5 Å². The molecule has 0 bridgehead atoms. The van der Waals surface area contributed by atoms with Crippen LogP contribution in [0.4, 0.5) is 0 Å². The lowest BCUT2D eigenvalue weighted by atomic mass is 10.1. The first-order valence-corrected chi connectivity index (χ1v) is 7.34. The minimum absolute atomic E-state index is 0.105. The minimum Gasteiger partial charge on any atom is -0.452 e. The second-order valence-electron chi connectivity index (χ2n) is 5.29. The largest absolute Gasteiger partial charge is 0.452 e. The summed E-state index contributed by atoms with van der Waals surface area (Å²) in [6.45, 7) is 3.39. The van der Waals surface area contributed by atoms with Crippen LogP contribution in [-0.2, 0) is 14.3 Å². The Kier molecular flexibility index (Phi) is 5.55. The summed E-state index contributed by atoms with van der Waals surface area (Å²) in [4.78, 5) is 25.2. The van der Waals surface area contributed by atoms with E-state index in [4.69, 9.17) is 4.74 Å². The normalized spacial score (nSPS) is 15.2. The van der Waals surface area contributed by atoms with Gasteiger partial charge in [0.1, 0.15) is 0 Å². The van der Waals surface area contributed by atoms with Crippen LogP contribution in [0.25, 0.3) is 6.08 Å². The van der Waals surface area contributed by atoms with Crippen molar-refractivity contribution in [3.8, 4) is 0 Å². The molecule has 4 nitrogen and oxygen atoms in total. The molecule has 1 aromatic carbocycles. The van der Waals surface area contributed by atoms with E-state index < -0.39 is 5.97 Å². The van der Waals surface area contributed by atoms with Gasteiger partial charge in [-0.05, 0) is 37.8 Å². The van der Waals surface area contributed by atoms with Gasteiger partial charge in [0.15, 0.2) is 6.61 Å². The number of rotatable bonds is 4. The van der Waals surface area contributed by atoms with Gasteiger partial charge in [-0.25, -0.2) is 4.79 Å². The lowest BCUT2D eigenvalue weighted by Crippen LogP contribution is -2.38. The maximum Gasteiger partial charge on any atom is 0.331 e. The molecule has 0 spiro atoms. The fourth-order valence-electron chi connectivity index (χ4n) is 2.26.